The Morgan fingerprint density at radius 2 is 1.43 bits per heavy atom. The minimum atomic E-state index is -0.633. The van der Waals surface area contributed by atoms with Crippen molar-refractivity contribution in [2.45, 2.75) is 109 Å². The van der Waals surface area contributed by atoms with Crippen LogP contribution in [0.1, 0.15) is 91.4 Å². The van der Waals surface area contributed by atoms with Crippen molar-refractivity contribution in [1.82, 2.24) is 10.6 Å². The molecule has 0 bridgehead atoms. The standard InChI is InChI=1S/C22H40N2O4/c1-4-20(26)23-18-9-5-16(6-10-18)15-17-7-11-19(12-8-17)24-21(27)28-22(2,3)13-14-25/h16-19,25H,4-15H2,1-3H3,(H,23,26)(H,24,27). The van der Waals surface area contributed by atoms with E-state index in [1.807, 2.05) is 20.8 Å². The number of carbonyl (C=O) groups excluding carboxylic acids is 2. The first-order valence-corrected chi connectivity index (χ1v) is 11.2. The van der Waals surface area contributed by atoms with Crippen LogP contribution in [0.2, 0.25) is 0 Å². The lowest BCUT2D eigenvalue weighted by Crippen LogP contribution is -2.42. The Balaban J connectivity index is 1.62. The van der Waals surface area contributed by atoms with E-state index in [4.69, 9.17) is 9.84 Å². The summed E-state index contributed by atoms with van der Waals surface area (Å²) in [7, 11) is 0. The SMILES string of the molecule is CCC(=O)NC1CCC(CC2CCC(NC(=O)OC(C)(C)CCO)CC2)CC1. The van der Waals surface area contributed by atoms with Gasteiger partial charge in [0, 0.05) is 31.5 Å². The van der Waals surface area contributed by atoms with E-state index in [1.165, 1.54) is 19.3 Å². The summed E-state index contributed by atoms with van der Waals surface area (Å²) in [5.41, 5.74) is -0.633. The van der Waals surface area contributed by atoms with Crippen LogP contribution in [0.15, 0.2) is 0 Å². The number of amides is 2. The molecule has 0 unspecified atom stereocenters. The number of rotatable bonds is 8. The number of carbonyl (C=O) groups is 2. The number of aliphatic hydroxyl groups excluding tert-OH is 1. The molecule has 0 aliphatic heterocycles. The van der Waals surface area contributed by atoms with Gasteiger partial charge >= 0.3 is 6.09 Å². The van der Waals surface area contributed by atoms with Crippen molar-refractivity contribution < 1.29 is 19.4 Å². The summed E-state index contributed by atoms with van der Waals surface area (Å²) >= 11 is 0. The summed E-state index contributed by atoms with van der Waals surface area (Å²) in [5.74, 6) is 1.72. The van der Waals surface area contributed by atoms with Gasteiger partial charge in [-0.05, 0) is 83.5 Å². The van der Waals surface area contributed by atoms with Crippen LogP contribution in [0.25, 0.3) is 0 Å². The van der Waals surface area contributed by atoms with Crippen molar-refractivity contribution in [3.05, 3.63) is 0 Å². The van der Waals surface area contributed by atoms with E-state index in [2.05, 4.69) is 10.6 Å². The Bertz CT molecular complexity index is 493. The molecular weight excluding hydrogens is 356 g/mol. The zero-order valence-corrected chi connectivity index (χ0v) is 18.0. The molecule has 2 saturated carbocycles. The summed E-state index contributed by atoms with van der Waals surface area (Å²) in [6, 6.07) is 0.582. The third kappa shape index (κ3) is 7.98. The number of hydrogen-bond acceptors (Lipinski definition) is 4. The maximum absolute atomic E-state index is 12.1. The summed E-state index contributed by atoms with van der Waals surface area (Å²) in [5, 5.41) is 15.2. The Labute approximate surface area is 170 Å². The monoisotopic (exact) mass is 396 g/mol. The van der Waals surface area contributed by atoms with Crippen molar-refractivity contribution >= 4 is 12.0 Å². The highest BCUT2D eigenvalue weighted by Crippen LogP contribution is 2.35. The topological polar surface area (TPSA) is 87.7 Å². The predicted molar refractivity (Wildman–Crippen MR) is 110 cm³/mol. The van der Waals surface area contributed by atoms with Crippen LogP contribution < -0.4 is 10.6 Å². The second kappa shape index (κ2) is 11.0. The smallest absolute Gasteiger partial charge is 0.407 e. The first-order chi connectivity index (χ1) is 13.3. The molecule has 0 aromatic rings. The van der Waals surface area contributed by atoms with Gasteiger partial charge in [-0.15, -0.1) is 0 Å². The van der Waals surface area contributed by atoms with Gasteiger partial charge in [-0.25, -0.2) is 4.79 Å². The van der Waals surface area contributed by atoms with Gasteiger partial charge in [0.2, 0.25) is 5.91 Å². The molecule has 2 amide bonds. The molecule has 0 spiro atoms. The molecule has 162 valence electrons. The van der Waals surface area contributed by atoms with Crippen molar-refractivity contribution in [2.24, 2.45) is 11.8 Å². The summed E-state index contributed by atoms with van der Waals surface area (Å²) in [6.07, 6.45) is 11.0. The molecule has 6 heteroatoms. The molecule has 3 N–H and O–H groups in total. The van der Waals surface area contributed by atoms with E-state index >= 15 is 0 Å². The quantitative estimate of drug-likeness (QED) is 0.580. The third-order valence-corrected chi connectivity index (χ3v) is 6.45. The maximum atomic E-state index is 12.1. The van der Waals surface area contributed by atoms with E-state index in [0.29, 0.717) is 18.9 Å². The highest BCUT2D eigenvalue weighted by atomic mass is 16.6. The van der Waals surface area contributed by atoms with Gasteiger partial charge in [0.1, 0.15) is 5.60 Å². The van der Waals surface area contributed by atoms with E-state index in [9.17, 15) is 9.59 Å². The zero-order chi connectivity index (χ0) is 20.6. The van der Waals surface area contributed by atoms with E-state index in [1.54, 1.807) is 0 Å². The van der Waals surface area contributed by atoms with Gasteiger partial charge < -0.3 is 20.5 Å². The van der Waals surface area contributed by atoms with Crippen LogP contribution in [0, 0.1) is 11.8 Å². The van der Waals surface area contributed by atoms with Crippen LogP contribution in [-0.4, -0.2) is 41.4 Å². The molecule has 2 aliphatic carbocycles. The van der Waals surface area contributed by atoms with Gasteiger partial charge in [-0.2, -0.15) is 0 Å². The molecule has 0 heterocycles. The zero-order valence-electron chi connectivity index (χ0n) is 18.0. The lowest BCUT2D eigenvalue weighted by molar-refractivity contribution is -0.121. The largest absolute Gasteiger partial charge is 0.443 e. The van der Waals surface area contributed by atoms with Gasteiger partial charge in [-0.3, -0.25) is 4.79 Å². The Hall–Kier alpha value is -1.30. The number of aliphatic hydroxyl groups is 1. The first-order valence-electron chi connectivity index (χ1n) is 11.2. The minimum Gasteiger partial charge on any atom is -0.443 e. The van der Waals surface area contributed by atoms with Crippen molar-refractivity contribution in [3.8, 4) is 0 Å². The molecule has 2 fully saturated rings. The van der Waals surface area contributed by atoms with Gasteiger partial charge in [0.25, 0.3) is 0 Å². The van der Waals surface area contributed by atoms with Crippen molar-refractivity contribution in [2.75, 3.05) is 6.61 Å². The van der Waals surface area contributed by atoms with E-state index < -0.39 is 5.60 Å². The summed E-state index contributed by atoms with van der Waals surface area (Å²) in [4.78, 5) is 23.6. The predicted octanol–water partition coefficient (Wildman–Crippen LogP) is 3.91. The minimum absolute atomic E-state index is 0.0122. The van der Waals surface area contributed by atoms with Crippen LogP contribution in [0.5, 0.6) is 0 Å². The van der Waals surface area contributed by atoms with Crippen molar-refractivity contribution in [1.29, 1.82) is 0 Å². The maximum Gasteiger partial charge on any atom is 0.407 e. The van der Waals surface area contributed by atoms with Crippen LogP contribution in [-0.2, 0) is 9.53 Å². The number of ether oxygens (including phenoxy) is 1. The Kier molecular flexibility index (Phi) is 9.06. The number of alkyl carbamates (subject to hydrolysis) is 1. The molecule has 0 atom stereocenters. The normalized spacial score (nSPS) is 28.4. The lowest BCUT2D eigenvalue weighted by Gasteiger charge is -2.34. The lowest BCUT2D eigenvalue weighted by atomic mass is 9.75. The second-order valence-corrected chi connectivity index (χ2v) is 9.36. The highest BCUT2D eigenvalue weighted by Gasteiger charge is 2.29. The molecule has 28 heavy (non-hydrogen) atoms. The number of nitrogens with one attached hydrogen (secondary N) is 2. The first kappa shape index (κ1) is 23.0. The molecule has 2 rings (SSSR count). The average Bonchev–Trinajstić information content (AvgIpc) is 2.64. The molecular formula is C22H40N2O4. The molecule has 0 radical (unpaired) electrons. The van der Waals surface area contributed by atoms with Crippen LogP contribution in [0.4, 0.5) is 4.79 Å². The molecule has 0 aromatic carbocycles. The summed E-state index contributed by atoms with van der Waals surface area (Å²) < 4.78 is 5.43. The van der Waals surface area contributed by atoms with E-state index in [-0.39, 0.29) is 24.6 Å². The molecule has 0 aromatic heterocycles. The fourth-order valence-electron chi connectivity index (χ4n) is 4.65. The fourth-order valence-corrected chi connectivity index (χ4v) is 4.65. The van der Waals surface area contributed by atoms with Crippen LogP contribution in [0.3, 0.4) is 0 Å². The van der Waals surface area contributed by atoms with Crippen LogP contribution >= 0.6 is 0 Å². The average molecular weight is 397 g/mol. The summed E-state index contributed by atoms with van der Waals surface area (Å²) in [6.45, 7) is 5.56. The Morgan fingerprint density at radius 3 is 1.89 bits per heavy atom. The second-order valence-electron chi connectivity index (χ2n) is 9.36. The van der Waals surface area contributed by atoms with Gasteiger partial charge in [0.15, 0.2) is 0 Å². The third-order valence-electron chi connectivity index (χ3n) is 6.45. The van der Waals surface area contributed by atoms with E-state index in [0.717, 1.165) is 50.4 Å². The highest BCUT2D eigenvalue weighted by molar-refractivity contribution is 5.75. The van der Waals surface area contributed by atoms with Gasteiger partial charge in [0.05, 0.1) is 0 Å². The Morgan fingerprint density at radius 1 is 0.929 bits per heavy atom. The van der Waals surface area contributed by atoms with Crippen molar-refractivity contribution in [3.63, 3.8) is 0 Å². The molecule has 6 nitrogen and oxygen atoms in total. The van der Waals surface area contributed by atoms with Gasteiger partial charge in [-0.1, -0.05) is 6.92 Å². The molecule has 0 saturated heterocycles. The molecule has 2 aliphatic rings. The fraction of sp³-hybridized carbons (Fsp3) is 0.909. The number of hydrogen-bond donors (Lipinski definition) is 3.